The maximum atomic E-state index is 11.9. The molecule has 2 aromatic rings. The molecule has 1 unspecified atom stereocenters. The first-order chi connectivity index (χ1) is 9.72. The second kappa shape index (κ2) is 6.86. The summed E-state index contributed by atoms with van der Waals surface area (Å²) < 4.78 is 7.04. The van der Waals surface area contributed by atoms with Crippen molar-refractivity contribution in [1.29, 1.82) is 0 Å². The molecule has 1 heterocycles. The molecule has 0 aliphatic heterocycles. The van der Waals surface area contributed by atoms with E-state index in [1.165, 1.54) is 0 Å². The molecule has 0 aliphatic carbocycles. The SMILES string of the molecule is CCOCC(=O)NC(c1ccccc1)c1nccn1C. The van der Waals surface area contributed by atoms with Crippen molar-refractivity contribution in [2.24, 2.45) is 7.05 Å². The van der Waals surface area contributed by atoms with Gasteiger partial charge in [-0.2, -0.15) is 0 Å². The zero-order valence-electron chi connectivity index (χ0n) is 11.7. The van der Waals surface area contributed by atoms with Crippen LogP contribution < -0.4 is 5.32 Å². The zero-order valence-corrected chi connectivity index (χ0v) is 11.7. The number of imidazole rings is 1. The van der Waals surface area contributed by atoms with Gasteiger partial charge in [-0.05, 0) is 12.5 Å². The molecule has 0 bridgehead atoms. The van der Waals surface area contributed by atoms with Gasteiger partial charge in [-0.25, -0.2) is 4.98 Å². The van der Waals surface area contributed by atoms with Crippen LogP contribution in [0.5, 0.6) is 0 Å². The summed E-state index contributed by atoms with van der Waals surface area (Å²) in [6.45, 7) is 2.44. The second-order valence-corrected chi connectivity index (χ2v) is 4.44. The Balaban J connectivity index is 2.22. The standard InChI is InChI=1S/C15H19N3O2/c1-3-20-11-13(19)17-14(12-7-5-4-6-8-12)15-16-9-10-18(15)2/h4-10,14H,3,11H2,1-2H3,(H,17,19). The number of benzene rings is 1. The van der Waals surface area contributed by atoms with E-state index in [1.807, 2.05) is 55.1 Å². The van der Waals surface area contributed by atoms with Crippen LogP contribution in [-0.2, 0) is 16.6 Å². The lowest BCUT2D eigenvalue weighted by atomic mass is 10.1. The van der Waals surface area contributed by atoms with E-state index in [-0.39, 0.29) is 18.6 Å². The van der Waals surface area contributed by atoms with E-state index in [4.69, 9.17) is 4.74 Å². The van der Waals surface area contributed by atoms with Crippen LogP contribution in [0.2, 0.25) is 0 Å². The van der Waals surface area contributed by atoms with Crippen molar-refractivity contribution in [1.82, 2.24) is 14.9 Å². The lowest BCUT2D eigenvalue weighted by Crippen LogP contribution is -2.33. The summed E-state index contributed by atoms with van der Waals surface area (Å²) >= 11 is 0. The smallest absolute Gasteiger partial charge is 0.246 e. The predicted molar refractivity (Wildman–Crippen MR) is 76.1 cm³/mol. The third-order valence-electron chi connectivity index (χ3n) is 2.99. The highest BCUT2D eigenvalue weighted by atomic mass is 16.5. The monoisotopic (exact) mass is 273 g/mol. The summed E-state index contributed by atoms with van der Waals surface area (Å²) in [5, 5.41) is 2.96. The largest absolute Gasteiger partial charge is 0.372 e. The van der Waals surface area contributed by atoms with Crippen LogP contribution in [0.3, 0.4) is 0 Å². The lowest BCUT2D eigenvalue weighted by molar-refractivity contribution is -0.126. The van der Waals surface area contributed by atoms with Crippen LogP contribution in [-0.4, -0.2) is 28.7 Å². The van der Waals surface area contributed by atoms with Crippen LogP contribution >= 0.6 is 0 Å². The zero-order chi connectivity index (χ0) is 14.4. The molecule has 106 valence electrons. The minimum atomic E-state index is -0.274. The van der Waals surface area contributed by atoms with Gasteiger partial charge in [0.05, 0.1) is 0 Å². The van der Waals surface area contributed by atoms with Gasteiger partial charge in [0.15, 0.2) is 0 Å². The molecule has 1 aromatic heterocycles. The fourth-order valence-electron chi connectivity index (χ4n) is 2.00. The molecule has 0 saturated heterocycles. The van der Waals surface area contributed by atoms with Gasteiger partial charge in [0.1, 0.15) is 18.5 Å². The summed E-state index contributed by atoms with van der Waals surface area (Å²) in [7, 11) is 1.91. The van der Waals surface area contributed by atoms with Crippen molar-refractivity contribution in [2.45, 2.75) is 13.0 Å². The van der Waals surface area contributed by atoms with Gasteiger partial charge in [0, 0.05) is 26.0 Å². The third kappa shape index (κ3) is 3.45. The molecule has 0 fully saturated rings. The van der Waals surface area contributed by atoms with Gasteiger partial charge in [-0.15, -0.1) is 0 Å². The number of carbonyl (C=O) groups excluding carboxylic acids is 1. The minimum absolute atomic E-state index is 0.0598. The molecule has 0 spiro atoms. The third-order valence-corrected chi connectivity index (χ3v) is 2.99. The highest BCUT2D eigenvalue weighted by molar-refractivity contribution is 5.78. The number of ether oxygens (including phenoxy) is 1. The first-order valence-electron chi connectivity index (χ1n) is 6.61. The highest BCUT2D eigenvalue weighted by Crippen LogP contribution is 2.19. The molecule has 20 heavy (non-hydrogen) atoms. The maximum absolute atomic E-state index is 11.9. The summed E-state index contributed by atoms with van der Waals surface area (Å²) in [4.78, 5) is 16.3. The van der Waals surface area contributed by atoms with Gasteiger partial charge < -0.3 is 14.6 Å². The molecule has 1 amide bonds. The van der Waals surface area contributed by atoms with Crippen LogP contribution in [0.25, 0.3) is 0 Å². The number of nitrogens with zero attached hydrogens (tertiary/aromatic N) is 2. The van der Waals surface area contributed by atoms with E-state index in [9.17, 15) is 4.79 Å². The van der Waals surface area contributed by atoms with Crippen molar-refractivity contribution in [3.63, 3.8) is 0 Å². The number of nitrogens with one attached hydrogen (secondary N) is 1. The molecule has 0 radical (unpaired) electrons. The number of carbonyl (C=O) groups is 1. The van der Waals surface area contributed by atoms with E-state index in [2.05, 4.69) is 10.3 Å². The van der Waals surface area contributed by atoms with Crippen molar-refractivity contribution in [3.05, 3.63) is 54.1 Å². The van der Waals surface area contributed by atoms with Crippen LogP contribution in [0.4, 0.5) is 0 Å². The molecular weight excluding hydrogens is 254 g/mol. The Bertz CT molecular complexity index is 551. The fourth-order valence-corrected chi connectivity index (χ4v) is 2.00. The lowest BCUT2D eigenvalue weighted by Gasteiger charge is -2.19. The van der Waals surface area contributed by atoms with Crippen molar-refractivity contribution in [2.75, 3.05) is 13.2 Å². The van der Waals surface area contributed by atoms with Gasteiger partial charge in [-0.3, -0.25) is 4.79 Å². The summed E-state index contributed by atoms with van der Waals surface area (Å²) in [6.07, 6.45) is 3.58. The Morgan fingerprint density at radius 2 is 2.15 bits per heavy atom. The van der Waals surface area contributed by atoms with E-state index in [0.717, 1.165) is 11.4 Å². The van der Waals surface area contributed by atoms with Crippen molar-refractivity contribution >= 4 is 5.91 Å². The van der Waals surface area contributed by atoms with Gasteiger partial charge in [-0.1, -0.05) is 30.3 Å². The van der Waals surface area contributed by atoms with Gasteiger partial charge in [0.2, 0.25) is 5.91 Å². The van der Waals surface area contributed by atoms with Crippen LogP contribution in [0, 0.1) is 0 Å². The first kappa shape index (κ1) is 14.3. The Kier molecular flexibility index (Phi) is 4.90. The summed E-state index contributed by atoms with van der Waals surface area (Å²) in [6, 6.07) is 9.51. The summed E-state index contributed by atoms with van der Waals surface area (Å²) in [5.74, 6) is 0.643. The highest BCUT2D eigenvalue weighted by Gasteiger charge is 2.20. The first-order valence-corrected chi connectivity index (χ1v) is 6.61. The van der Waals surface area contributed by atoms with E-state index >= 15 is 0 Å². The molecular formula is C15H19N3O2. The number of hydrogen-bond donors (Lipinski definition) is 1. The van der Waals surface area contributed by atoms with E-state index in [0.29, 0.717) is 6.61 Å². The Morgan fingerprint density at radius 1 is 1.40 bits per heavy atom. The molecule has 5 heteroatoms. The maximum Gasteiger partial charge on any atom is 0.246 e. The molecule has 1 aromatic carbocycles. The summed E-state index contributed by atoms with van der Waals surface area (Å²) in [5.41, 5.74) is 0.992. The van der Waals surface area contributed by atoms with Crippen LogP contribution in [0.1, 0.15) is 24.4 Å². The quantitative estimate of drug-likeness (QED) is 0.871. The topological polar surface area (TPSA) is 56.1 Å². The Labute approximate surface area is 118 Å². The number of aromatic nitrogens is 2. The average molecular weight is 273 g/mol. The van der Waals surface area contributed by atoms with Crippen molar-refractivity contribution < 1.29 is 9.53 Å². The fraction of sp³-hybridized carbons (Fsp3) is 0.333. The van der Waals surface area contributed by atoms with Crippen LogP contribution in [0.15, 0.2) is 42.7 Å². The van der Waals surface area contributed by atoms with Crippen molar-refractivity contribution in [3.8, 4) is 0 Å². The second-order valence-electron chi connectivity index (χ2n) is 4.44. The number of rotatable bonds is 6. The molecule has 5 nitrogen and oxygen atoms in total. The molecule has 0 saturated carbocycles. The van der Waals surface area contributed by atoms with Gasteiger partial charge >= 0.3 is 0 Å². The molecule has 0 aliphatic rings. The Hall–Kier alpha value is -2.14. The number of hydrogen-bond acceptors (Lipinski definition) is 3. The number of amides is 1. The molecule has 1 N–H and O–H groups in total. The van der Waals surface area contributed by atoms with Gasteiger partial charge in [0.25, 0.3) is 0 Å². The van der Waals surface area contributed by atoms with E-state index < -0.39 is 0 Å². The normalized spacial score (nSPS) is 12.1. The van der Waals surface area contributed by atoms with E-state index in [1.54, 1.807) is 6.20 Å². The molecule has 1 atom stereocenters. The minimum Gasteiger partial charge on any atom is -0.372 e. The predicted octanol–water partition coefficient (Wildman–Crippen LogP) is 1.66. The molecule has 2 rings (SSSR count). The average Bonchev–Trinajstić information content (AvgIpc) is 2.89. The number of aryl methyl sites for hydroxylation is 1. The Morgan fingerprint density at radius 3 is 2.75 bits per heavy atom.